The molecule has 6 heteroatoms. The maximum absolute atomic E-state index is 6.03. The Kier molecular flexibility index (Phi) is 3.07. The third-order valence-corrected chi connectivity index (χ3v) is 4.38. The average molecular weight is 251 g/mol. The van der Waals surface area contributed by atoms with Crippen molar-refractivity contribution in [3.05, 3.63) is 5.69 Å². The number of fused-ring (bicyclic) bond motifs is 1. The molecule has 0 bridgehead atoms. The van der Waals surface area contributed by atoms with Crippen molar-refractivity contribution in [3.63, 3.8) is 0 Å². The third-order valence-electron chi connectivity index (χ3n) is 3.15. The molecule has 3 heterocycles. The van der Waals surface area contributed by atoms with E-state index in [1.165, 1.54) is 6.42 Å². The first kappa shape index (κ1) is 11.1. The van der Waals surface area contributed by atoms with Gasteiger partial charge in [-0.1, -0.05) is 0 Å². The Labute approximate surface area is 105 Å². The number of nitrogens with zero attached hydrogens (tertiary/aromatic N) is 3. The first-order chi connectivity index (χ1) is 8.34. The zero-order valence-electron chi connectivity index (χ0n) is 9.78. The number of piperazine rings is 1. The number of nitrogens with one attached hydrogen (secondary N) is 1. The molecule has 0 radical (unpaired) electrons. The molecule has 0 aliphatic carbocycles. The van der Waals surface area contributed by atoms with Gasteiger partial charge in [0.15, 0.2) is 0 Å². The third kappa shape index (κ3) is 2.19. The Morgan fingerprint density at radius 3 is 2.88 bits per heavy atom. The van der Waals surface area contributed by atoms with E-state index in [9.17, 15) is 0 Å². The van der Waals surface area contributed by atoms with Crippen LogP contribution in [-0.2, 0) is 6.42 Å². The molecule has 0 spiro atoms. The molecule has 0 unspecified atom stereocenters. The number of thioether (sulfide) groups is 1. The van der Waals surface area contributed by atoms with Gasteiger partial charge in [-0.25, -0.2) is 4.98 Å². The van der Waals surface area contributed by atoms with E-state index in [1.807, 2.05) is 0 Å². The topological polar surface area (TPSA) is 67.1 Å². The number of nitrogen functional groups attached to an aromatic ring is 1. The fourth-order valence-corrected chi connectivity index (χ4v) is 3.25. The lowest BCUT2D eigenvalue weighted by Crippen LogP contribution is -2.44. The van der Waals surface area contributed by atoms with Crippen LogP contribution in [-0.4, -0.2) is 41.9 Å². The van der Waals surface area contributed by atoms with Crippen LogP contribution in [0.15, 0.2) is 4.90 Å². The van der Waals surface area contributed by atoms with Crippen molar-refractivity contribution in [1.82, 2.24) is 15.3 Å². The van der Waals surface area contributed by atoms with Crippen molar-refractivity contribution in [3.8, 4) is 0 Å². The zero-order chi connectivity index (χ0) is 11.7. The van der Waals surface area contributed by atoms with Crippen LogP contribution in [0, 0.1) is 0 Å². The van der Waals surface area contributed by atoms with Gasteiger partial charge in [0, 0.05) is 26.2 Å². The Morgan fingerprint density at radius 2 is 2.06 bits per heavy atom. The summed E-state index contributed by atoms with van der Waals surface area (Å²) in [6, 6.07) is 0. The molecular weight excluding hydrogens is 234 g/mol. The van der Waals surface area contributed by atoms with Crippen molar-refractivity contribution in [2.24, 2.45) is 0 Å². The quantitative estimate of drug-likeness (QED) is 0.758. The summed E-state index contributed by atoms with van der Waals surface area (Å²) in [5, 5.41) is 3.33. The van der Waals surface area contributed by atoms with Crippen LogP contribution in [0.2, 0.25) is 0 Å². The highest BCUT2D eigenvalue weighted by atomic mass is 32.2. The van der Waals surface area contributed by atoms with Crippen molar-refractivity contribution < 1.29 is 0 Å². The molecule has 1 saturated heterocycles. The molecule has 0 aromatic carbocycles. The lowest BCUT2D eigenvalue weighted by molar-refractivity contribution is 0.578. The average Bonchev–Trinajstić information content (AvgIpc) is 2.40. The first-order valence-electron chi connectivity index (χ1n) is 6.09. The summed E-state index contributed by atoms with van der Waals surface area (Å²) >= 11 is 1.79. The van der Waals surface area contributed by atoms with Crippen molar-refractivity contribution in [2.45, 2.75) is 17.7 Å². The van der Waals surface area contributed by atoms with Gasteiger partial charge >= 0.3 is 0 Å². The fourth-order valence-electron chi connectivity index (χ4n) is 2.25. The second kappa shape index (κ2) is 4.70. The highest BCUT2D eigenvalue weighted by molar-refractivity contribution is 7.99. The summed E-state index contributed by atoms with van der Waals surface area (Å²) in [5.74, 6) is 2.60. The van der Waals surface area contributed by atoms with E-state index in [2.05, 4.69) is 20.2 Å². The summed E-state index contributed by atoms with van der Waals surface area (Å²) in [6.45, 7) is 3.92. The van der Waals surface area contributed by atoms with Crippen LogP contribution in [0.3, 0.4) is 0 Å². The van der Waals surface area contributed by atoms with E-state index >= 15 is 0 Å². The van der Waals surface area contributed by atoms with E-state index in [-0.39, 0.29) is 0 Å². The number of aryl methyl sites for hydroxylation is 1. The van der Waals surface area contributed by atoms with Crippen molar-refractivity contribution in [2.75, 3.05) is 42.6 Å². The maximum atomic E-state index is 6.03. The van der Waals surface area contributed by atoms with Crippen LogP contribution in [0.4, 0.5) is 11.8 Å². The second-order valence-electron chi connectivity index (χ2n) is 4.37. The van der Waals surface area contributed by atoms with Gasteiger partial charge < -0.3 is 16.0 Å². The Bertz CT molecular complexity index is 417. The van der Waals surface area contributed by atoms with Crippen LogP contribution >= 0.6 is 11.8 Å². The molecule has 2 aliphatic heterocycles. The number of rotatable bonds is 1. The molecule has 92 valence electrons. The molecule has 1 aromatic rings. The summed E-state index contributed by atoms with van der Waals surface area (Å²) < 4.78 is 0. The van der Waals surface area contributed by atoms with E-state index < -0.39 is 0 Å². The van der Waals surface area contributed by atoms with E-state index in [0.29, 0.717) is 5.82 Å². The van der Waals surface area contributed by atoms with E-state index in [1.54, 1.807) is 11.8 Å². The number of hydrogen-bond acceptors (Lipinski definition) is 6. The summed E-state index contributed by atoms with van der Waals surface area (Å²) in [5.41, 5.74) is 7.18. The molecule has 3 N–H and O–H groups in total. The summed E-state index contributed by atoms with van der Waals surface area (Å²) in [6.07, 6.45) is 2.23. The monoisotopic (exact) mass is 251 g/mol. The highest BCUT2D eigenvalue weighted by Crippen LogP contribution is 2.33. The van der Waals surface area contributed by atoms with Gasteiger partial charge in [-0.15, -0.1) is 11.8 Å². The minimum absolute atomic E-state index is 0.660. The molecular formula is C11H17N5S. The molecule has 0 amide bonds. The minimum atomic E-state index is 0.660. The van der Waals surface area contributed by atoms with Crippen LogP contribution in [0.5, 0.6) is 0 Å². The number of aromatic nitrogens is 2. The van der Waals surface area contributed by atoms with Gasteiger partial charge in [0.05, 0.1) is 10.6 Å². The van der Waals surface area contributed by atoms with Gasteiger partial charge in [0.2, 0.25) is 5.95 Å². The van der Waals surface area contributed by atoms with Gasteiger partial charge in [-0.2, -0.15) is 4.98 Å². The summed E-state index contributed by atoms with van der Waals surface area (Å²) in [4.78, 5) is 12.5. The lowest BCUT2D eigenvalue weighted by Gasteiger charge is -2.28. The molecule has 0 atom stereocenters. The largest absolute Gasteiger partial charge is 0.383 e. The molecule has 17 heavy (non-hydrogen) atoms. The maximum Gasteiger partial charge on any atom is 0.227 e. The zero-order valence-corrected chi connectivity index (χ0v) is 10.6. The Balaban J connectivity index is 1.92. The van der Waals surface area contributed by atoms with Gasteiger partial charge in [0.1, 0.15) is 5.82 Å². The van der Waals surface area contributed by atoms with Gasteiger partial charge in [0.25, 0.3) is 0 Å². The van der Waals surface area contributed by atoms with Crippen LogP contribution < -0.4 is 16.0 Å². The number of nitrogens with two attached hydrogens (primary N) is 1. The SMILES string of the molecule is Nc1nc(N2CCNCC2)nc2c1SCCC2. The highest BCUT2D eigenvalue weighted by Gasteiger charge is 2.20. The second-order valence-corrected chi connectivity index (χ2v) is 5.48. The Hall–Kier alpha value is -1.01. The van der Waals surface area contributed by atoms with Crippen molar-refractivity contribution >= 4 is 23.5 Å². The smallest absolute Gasteiger partial charge is 0.227 e. The molecule has 1 aromatic heterocycles. The molecule has 5 nitrogen and oxygen atoms in total. The standard InChI is InChI=1S/C11H17N5S/c12-10-9-8(2-1-7-17-9)14-11(15-10)16-5-3-13-4-6-16/h13H,1-7H2,(H2,12,14,15). The van der Waals surface area contributed by atoms with Crippen LogP contribution in [0.1, 0.15) is 12.1 Å². The first-order valence-corrected chi connectivity index (χ1v) is 7.08. The van der Waals surface area contributed by atoms with Gasteiger partial charge in [-0.3, -0.25) is 0 Å². The minimum Gasteiger partial charge on any atom is -0.383 e. The van der Waals surface area contributed by atoms with Gasteiger partial charge in [-0.05, 0) is 18.6 Å². The van der Waals surface area contributed by atoms with Crippen molar-refractivity contribution in [1.29, 1.82) is 0 Å². The number of hydrogen-bond donors (Lipinski definition) is 2. The predicted octanol–water partition coefficient (Wildman–Crippen LogP) is 0.507. The Morgan fingerprint density at radius 1 is 1.24 bits per heavy atom. The normalized spacial score (nSPS) is 20.1. The number of anilines is 2. The molecule has 1 fully saturated rings. The molecule has 3 rings (SSSR count). The summed E-state index contributed by atoms with van der Waals surface area (Å²) in [7, 11) is 0. The van der Waals surface area contributed by atoms with E-state index in [0.717, 1.165) is 54.9 Å². The fraction of sp³-hybridized carbons (Fsp3) is 0.636. The lowest BCUT2D eigenvalue weighted by atomic mass is 10.2. The van der Waals surface area contributed by atoms with Crippen LogP contribution in [0.25, 0.3) is 0 Å². The molecule has 2 aliphatic rings. The molecule has 0 saturated carbocycles. The predicted molar refractivity (Wildman–Crippen MR) is 70.6 cm³/mol. The van der Waals surface area contributed by atoms with E-state index in [4.69, 9.17) is 5.73 Å².